The monoisotopic (exact) mass is 381 g/mol. The van der Waals surface area contributed by atoms with Gasteiger partial charge in [0.25, 0.3) is 5.91 Å². The lowest BCUT2D eigenvalue weighted by molar-refractivity contribution is 0.102. The second-order valence-electron chi connectivity index (χ2n) is 7.99. The fraction of sp³-hybridized carbons (Fsp3) is 0.500. The average molecular weight is 382 g/mol. The van der Waals surface area contributed by atoms with Crippen LogP contribution in [0.1, 0.15) is 47.8 Å². The lowest BCUT2D eigenvalue weighted by Gasteiger charge is -2.23. The summed E-state index contributed by atoms with van der Waals surface area (Å²) in [6, 6.07) is 7.93. The summed E-state index contributed by atoms with van der Waals surface area (Å²) in [5, 5.41) is 3.00. The normalized spacial score (nSPS) is 13.6. The van der Waals surface area contributed by atoms with E-state index in [1.54, 1.807) is 0 Å². The summed E-state index contributed by atoms with van der Waals surface area (Å²) in [4.78, 5) is 25.8. The first-order chi connectivity index (χ1) is 13.5. The molecule has 0 atom stereocenters. The van der Waals surface area contributed by atoms with Gasteiger partial charge in [0, 0.05) is 31.4 Å². The van der Waals surface area contributed by atoms with Crippen LogP contribution in [0.5, 0.6) is 0 Å². The number of hydrogen-bond donors (Lipinski definition) is 1. The minimum Gasteiger partial charge on any atom is -0.356 e. The summed E-state index contributed by atoms with van der Waals surface area (Å²) >= 11 is 0. The number of nitrogens with zero attached hydrogens (tertiary/aromatic N) is 4. The third kappa shape index (κ3) is 5.52. The van der Waals surface area contributed by atoms with Crippen molar-refractivity contribution in [1.82, 2.24) is 14.9 Å². The maximum absolute atomic E-state index is 12.8. The smallest absolute Gasteiger partial charge is 0.274 e. The number of anilines is 2. The summed E-state index contributed by atoms with van der Waals surface area (Å²) in [5.41, 5.74) is 3.48. The van der Waals surface area contributed by atoms with E-state index in [4.69, 9.17) is 0 Å². The predicted molar refractivity (Wildman–Crippen MR) is 114 cm³/mol. The molecule has 6 heteroatoms. The molecule has 1 aliphatic rings. The molecule has 0 spiro atoms. The van der Waals surface area contributed by atoms with Crippen LogP contribution in [0.4, 0.5) is 11.5 Å². The van der Waals surface area contributed by atoms with Crippen molar-refractivity contribution in [1.29, 1.82) is 0 Å². The molecule has 1 aromatic carbocycles. The highest BCUT2D eigenvalue weighted by atomic mass is 16.1. The van der Waals surface area contributed by atoms with Gasteiger partial charge in [0.1, 0.15) is 17.8 Å². The number of carbonyl (C=O) groups is 1. The summed E-state index contributed by atoms with van der Waals surface area (Å²) in [6.07, 6.45) is 5.13. The quantitative estimate of drug-likeness (QED) is 0.717. The molecule has 0 aliphatic heterocycles. The van der Waals surface area contributed by atoms with Crippen LogP contribution >= 0.6 is 0 Å². The summed E-state index contributed by atoms with van der Waals surface area (Å²) in [5.74, 6) is 1.41. The Kier molecular flexibility index (Phi) is 6.62. The molecule has 3 rings (SSSR count). The van der Waals surface area contributed by atoms with Crippen LogP contribution in [0.25, 0.3) is 0 Å². The fourth-order valence-electron chi connectivity index (χ4n) is 3.34. The zero-order valence-corrected chi connectivity index (χ0v) is 17.4. The maximum Gasteiger partial charge on any atom is 0.274 e. The van der Waals surface area contributed by atoms with Crippen molar-refractivity contribution in [3.63, 3.8) is 0 Å². The van der Waals surface area contributed by atoms with Gasteiger partial charge >= 0.3 is 0 Å². The summed E-state index contributed by atoms with van der Waals surface area (Å²) < 4.78 is 0. The highest BCUT2D eigenvalue weighted by Crippen LogP contribution is 2.31. The van der Waals surface area contributed by atoms with Gasteiger partial charge in [0.15, 0.2) is 0 Å². The third-order valence-corrected chi connectivity index (χ3v) is 4.92. The van der Waals surface area contributed by atoms with E-state index in [9.17, 15) is 4.79 Å². The van der Waals surface area contributed by atoms with Gasteiger partial charge in [-0.2, -0.15) is 0 Å². The van der Waals surface area contributed by atoms with Crippen molar-refractivity contribution in [3.8, 4) is 0 Å². The Morgan fingerprint density at radius 1 is 1.21 bits per heavy atom. The maximum atomic E-state index is 12.8. The van der Waals surface area contributed by atoms with Crippen molar-refractivity contribution >= 4 is 17.4 Å². The van der Waals surface area contributed by atoms with Crippen LogP contribution in [0.3, 0.4) is 0 Å². The van der Waals surface area contributed by atoms with E-state index >= 15 is 0 Å². The van der Waals surface area contributed by atoms with E-state index in [2.05, 4.69) is 38.1 Å². The largest absolute Gasteiger partial charge is 0.356 e. The van der Waals surface area contributed by atoms with Crippen molar-refractivity contribution in [2.45, 2.75) is 39.7 Å². The lowest BCUT2D eigenvalue weighted by Crippen LogP contribution is -2.28. The molecule has 0 unspecified atom stereocenters. The molecule has 1 aliphatic carbocycles. The number of aryl methyl sites for hydroxylation is 1. The van der Waals surface area contributed by atoms with Crippen LogP contribution in [-0.4, -0.2) is 48.0 Å². The Morgan fingerprint density at radius 2 is 2.00 bits per heavy atom. The van der Waals surface area contributed by atoms with Crippen molar-refractivity contribution in [2.75, 3.05) is 37.4 Å². The van der Waals surface area contributed by atoms with E-state index in [1.807, 2.05) is 39.2 Å². The molecule has 2 aromatic rings. The molecule has 0 saturated heterocycles. The van der Waals surface area contributed by atoms with Gasteiger partial charge in [-0.1, -0.05) is 19.1 Å². The average Bonchev–Trinajstić information content (AvgIpc) is 3.47. The number of aromatic nitrogens is 2. The van der Waals surface area contributed by atoms with Gasteiger partial charge in [0.05, 0.1) is 0 Å². The summed E-state index contributed by atoms with van der Waals surface area (Å²) in [6.45, 7) is 7.01. The first-order valence-corrected chi connectivity index (χ1v) is 10.1. The Bertz CT molecular complexity index is 816. The first-order valence-electron chi connectivity index (χ1n) is 10.1. The molecule has 1 amide bonds. The predicted octanol–water partition coefficient (Wildman–Crippen LogP) is 3.73. The standard InChI is InChI=1S/C22H31N5O/c1-5-10-27(14-17-6-7-17)21-12-20(23-15-24-21)22(28)25-19-9-8-18(11-16(19)2)13-26(3)4/h8-9,11-12,15,17H,5-7,10,13-14H2,1-4H3,(H,25,28). The van der Waals surface area contributed by atoms with Crippen LogP contribution in [0.2, 0.25) is 0 Å². The van der Waals surface area contributed by atoms with E-state index in [0.717, 1.165) is 49.0 Å². The zero-order chi connectivity index (χ0) is 20.1. The van der Waals surface area contributed by atoms with Crippen LogP contribution in [-0.2, 0) is 6.54 Å². The number of benzene rings is 1. The molecule has 0 radical (unpaired) electrons. The van der Waals surface area contributed by atoms with E-state index < -0.39 is 0 Å². The van der Waals surface area contributed by atoms with Gasteiger partial charge in [-0.3, -0.25) is 4.79 Å². The molecule has 1 fully saturated rings. The lowest BCUT2D eigenvalue weighted by atomic mass is 10.1. The Hall–Kier alpha value is -2.47. The second kappa shape index (κ2) is 9.15. The van der Waals surface area contributed by atoms with Gasteiger partial charge in [0.2, 0.25) is 0 Å². The van der Waals surface area contributed by atoms with Gasteiger partial charge < -0.3 is 15.1 Å². The summed E-state index contributed by atoms with van der Waals surface area (Å²) in [7, 11) is 4.09. The Labute approximate surface area is 168 Å². The zero-order valence-electron chi connectivity index (χ0n) is 17.4. The minimum absolute atomic E-state index is 0.199. The van der Waals surface area contributed by atoms with Crippen LogP contribution in [0, 0.1) is 12.8 Å². The van der Waals surface area contributed by atoms with E-state index in [1.165, 1.54) is 24.7 Å². The molecular formula is C22H31N5O. The Morgan fingerprint density at radius 3 is 2.64 bits per heavy atom. The van der Waals surface area contributed by atoms with Crippen LogP contribution in [0.15, 0.2) is 30.6 Å². The molecule has 28 heavy (non-hydrogen) atoms. The molecule has 1 heterocycles. The van der Waals surface area contributed by atoms with Gasteiger partial charge in [-0.25, -0.2) is 9.97 Å². The minimum atomic E-state index is -0.199. The third-order valence-electron chi connectivity index (χ3n) is 4.92. The van der Waals surface area contributed by atoms with Gasteiger partial charge in [-0.05, 0) is 63.4 Å². The Balaban J connectivity index is 1.72. The molecule has 150 valence electrons. The van der Waals surface area contributed by atoms with Crippen LogP contribution < -0.4 is 10.2 Å². The first kappa shape index (κ1) is 20.3. The van der Waals surface area contributed by atoms with Gasteiger partial charge in [-0.15, -0.1) is 0 Å². The topological polar surface area (TPSA) is 61.4 Å². The highest BCUT2D eigenvalue weighted by molar-refractivity contribution is 6.03. The molecule has 1 saturated carbocycles. The van der Waals surface area contributed by atoms with Crippen molar-refractivity contribution < 1.29 is 4.79 Å². The molecule has 1 N–H and O–H groups in total. The molecule has 1 aromatic heterocycles. The highest BCUT2D eigenvalue weighted by Gasteiger charge is 2.25. The number of carbonyl (C=O) groups excluding carboxylic acids is 1. The van der Waals surface area contributed by atoms with Crippen molar-refractivity contribution in [2.24, 2.45) is 5.92 Å². The number of nitrogens with one attached hydrogen (secondary N) is 1. The molecule has 6 nitrogen and oxygen atoms in total. The van der Waals surface area contributed by atoms with E-state index in [-0.39, 0.29) is 5.91 Å². The van der Waals surface area contributed by atoms with E-state index in [0.29, 0.717) is 5.69 Å². The second-order valence-corrected chi connectivity index (χ2v) is 7.99. The number of amides is 1. The molecular weight excluding hydrogens is 350 g/mol. The molecule has 0 bridgehead atoms. The SMILES string of the molecule is CCCN(CC1CC1)c1cc(C(=O)Nc2ccc(CN(C)C)cc2C)ncn1. The number of hydrogen-bond acceptors (Lipinski definition) is 5. The number of rotatable bonds is 9. The van der Waals surface area contributed by atoms with Crippen molar-refractivity contribution in [3.05, 3.63) is 47.4 Å². The fourth-order valence-corrected chi connectivity index (χ4v) is 3.34.